The van der Waals surface area contributed by atoms with Gasteiger partial charge in [0.25, 0.3) is 0 Å². The number of methoxy groups -OCH3 is 1. The number of hydrogen-bond acceptors (Lipinski definition) is 6. The molecule has 0 saturated heterocycles. The van der Waals surface area contributed by atoms with E-state index in [1.54, 1.807) is 14.2 Å². The van der Waals surface area contributed by atoms with Crippen molar-refractivity contribution in [2.45, 2.75) is 59.7 Å². The third-order valence-electron chi connectivity index (χ3n) is 5.67. The predicted molar refractivity (Wildman–Crippen MR) is 161 cm³/mol. The summed E-state index contributed by atoms with van der Waals surface area (Å²) in [5.74, 6) is 0.740. The largest absolute Gasteiger partial charge is 0.497 e. The number of aliphatic imine (C=N–C) groups is 1. The van der Waals surface area contributed by atoms with Crippen LogP contribution < -0.4 is 15.4 Å². The zero-order chi connectivity index (χ0) is 29.7. The predicted octanol–water partition coefficient (Wildman–Crippen LogP) is 7.83. The van der Waals surface area contributed by atoms with E-state index < -0.39 is 23.4 Å². The van der Waals surface area contributed by atoms with Crippen LogP contribution in [0.5, 0.6) is 5.75 Å². The van der Waals surface area contributed by atoms with Gasteiger partial charge in [0.1, 0.15) is 17.0 Å². The van der Waals surface area contributed by atoms with Gasteiger partial charge in [0.2, 0.25) is 0 Å². The first-order valence-electron chi connectivity index (χ1n) is 13.1. The van der Waals surface area contributed by atoms with Crippen molar-refractivity contribution in [2.75, 3.05) is 24.8 Å². The zero-order valence-electron chi connectivity index (χ0n) is 24.8. The highest BCUT2D eigenvalue weighted by molar-refractivity contribution is 6.17. The molecule has 212 valence electrons. The SMILES string of the molecule is C/N=C(\c1ccc(OC)cc1)c1cc(NC(=O)OC(C)(C)C)ccc1-c1ccc(NC(=O)OC(C)(C)C)cc1C. The van der Waals surface area contributed by atoms with Crippen molar-refractivity contribution in [3.8, 4) is 16.9 Å². The van der Waals surface area contributed by atoms with Gasteiger partial charge in [-0.2, -0.15) is 0 Å². The Morgan fingerprint density at radius 3 is 1.68 bits per heavy atom. The van der Waals surface area contributed by atoms with Gasteiger partial charge in [-0.05, 0) is 114 Å². The number of nitrogens with zero attached hydrogens (tertiary/aromatic N) is 1. The van der Waals surface area contributed by atoms with Gasteiger partial charge < -0.3 is 14.2 Å². The van der Waals surface area contributed by atoms with Crippen LogP contribution in [0.15, 0.2) is 65.7 Å². The van der Waals surface area contributed by atoms with Gasteiger partial charge in [0.15, 0.2) is 0 Å². The summed E-state index contributed by atoms with van der Waals surface area (Å²) in [5.41, 5.74) is 5.21. The number of rotatable bonds is 6. The van der Waals surface area contributed by atoms with E-state index in [-0.39, 0.29) is 0 Å². The second-order valence-corrected chi connectivity index (χ2v) is 11.3. The fourth-order valence-electron chi connectivity index (χ4n) is 4.09. The number of carbonyl (C=O) groups is 2. The van der Waals surface area contributed by atoms with E-state index in [1.165, 1.54) is 0 Å². The molecule has 0 aliphatic heterocycles. The lowest BCUT2D eigenvalue weighted by Crippen LogP contribution is -2.27. The number of aryl methyl sites for hydroxylation is 1. The number of nitrogens with one attached hydrogen (secondary N) is 2. The summed E-state index contributed by atoms with van der Waals surface area (Å²) >= 11 is 0. The molecular formula is C32H39N3O5. The smallest absolute Gasteiger partial charge is 0.412 e. The average molecular weight is 546 g/mol. The van der Waals surface area contributed by atoms with E-state index in [0.29, 0.717) is 11.4 Å². The number of carbonyl (C=O) groups excluding carboxylic acids is 2. The molecule has 0 unspecified atom stereocenters. The Balaban J connectivity index is 2.06. The maximum Gasteiger partial charge on any atom is 0.412 e. The Bertz CT molecular complexity index is 1400. The van der Waals surface area contributed by atoms with Crippen LogP contribution in [0.4, 0.5) is 21.0 Å². The minimum absolute atomic E-state index is 0.516. The Morgan fingerprint density at radius 1 is 0.725 bits per heavy atom. The van der Waals surface area contributed by atoms with E-state index in [1.807, 2.05) is 109 Å². The molecular weight excluding hydrogens is 506 g/mol. The Morgan fingerprint density at radius 2 is 1.23 bits per heavy atom. The maximum atomic E-state index is 12.5. The standard InChI is InChI=1S/C32H39N3O5/c1-20-18-22(34-29(36)39-31(2,3)4)12-16-25(20)26-17-13-23(35-30(37)40-32(5,6)7)19-27(26)28(33-8)21-10-14-24(38-9)15-11-21/h10-19H,1-9H3,(H,34,36)(H,35,37)/b33-28+. The molecule has 3 rings (SSSR count). The third kappa shape index (κ3) is 8.33. The topological polar surface area (TPSA) is 98.3 Å². The highest BCUT2D eigenvalue weighted by Gasteiger charge is 2.20. The maximum absolute atomic E-state index is 12.5. The minimum Gasteiger partial charge on any atom is -0.497 e. The van der Waals surface area contributed by atoms with Crippen LogP contribution in [-0.4, -0.2) is 43.3 Å². The Kier molecular flexibility index (Phi) is 9.24. The number of amides is 2. The average Bonchev–Trinajstić information content (AvgIpc) is 2.83. The van der Waals surface area contributed by atoms with Crippen LogP contribution >= 0.6 is 0 Å². The molecule has 8 heteroatoms. The molecule has 0 fully saturated rings. The van der Waals surface area contributed by atoms with Crippen molar-refractivity contribution < 1.29 is 23.8 Å². The van der Waals surface area contributed by atoms with Crippen LogP contribution in [0.2, 0.25) is 0 Å². The number of ether oxygens (including phenoxy) is 3. The van der Waals surface area contributed by atoms with Gasteiger partial charge in [0.05, 0.1) is 12.8 Å². The fourth-order valence-corrected chi connectivity index (χ4v) is 4.09. The van der Waals surface area contributed by atoms with E-state index in [2.05, 4.69) is 15.6 Å². The zero-order valence-corrected chi connectivity index (χ0v) is 24.8. The molecule has 0 heterocycles. The lowest BCUT2D eigenvalue weighted by Gasteiger charge is -2.21. The van der Waals surface area contributed by atoms with Crippen LogP contribution in [0.1, 0.15) is 58.2 Å². The van der Waals surface area contributed by atoms with Crippen molar-refractivity contribution in [1.29, 1.82) is 0 Å². The molecule has 0 aliphatic rings. The lowest BCUT2D eigenvalue weighted by atomic mass is 9.90. The molecule has 3 aromatic carbocycles. The molecule has 0 spiro atoms. The first kappa shape index (κ1) is 30.2. The molecule has 0 aliphatic carbocycles. The van der Waals surface area contributed by atoms with Crippen molar-refractivity contribution >= 4 is 29.3 Å². The molecule has 3 aromatic rings. The highest BCUT2D eigenvalue weighted by Crippen LogP contribution is 2.33. The van der Waals surface area contributed by atoms with Gasteiger partial charge in [0, 0.05) is 29.5 Å². The highest BCUT2D eigenvalue weighted by atomic mass is 16.6. The van der Waals surface area contributed by atoms with E-state index in [0.717, 1.165) is 39.3 Å². The van der Waals surface area contributed by atoms with Crippen LogP contribution in [0.3, 0.4) is 0 Å². The minimum atomic E-state index is -0.627. The summed E-state index contributed by atoms with van der Waals surface area (Å²) in [4.78, 5) is 29.4. The number of anilines is 2. The van der Waals surface area contributed by atoms with E-state index >= 15 is 0 Å². The molecule has 40 heavy (non-hydrogen) atoms. The summed E-state index contributed by atoms with van der Waals surface area (Å²) in [6.45, 7) is 12.9. The van der Waals surface area contributed by atoms with Crippen molar-refractivity contribution in [3.05, 3.63) is 77.4 Å². The molecule has 0 radical (unpaired) electrons. The van der Waals surface area contributed by atoms with Crippen LogP contribution in [0, 0.1) is 6.92 Å². The Hall–Kier alpha value is -4.33. The van der Waals surface area contributed by atoms with Gasteiger partial charge in [-0.3, -0.25) is 15.6 Å². The summed E-state index contributed by atoms with van der Waals surface area (Å²) in [7, 11) is 3.36. The quantitative estimate of drug-likeness (QED) is 0.308. The summed E-state index contributed by atoms with van der Waals surface area (Å²) in [5, 5.41) is 5.63. The number of benzene rings is 3. The molecule has 0 bridgehead atoms. The van der Waals surface area contributed by atoms with Crippen LogP contribution in [-0.2, 0) is 9.47 Å². The molecule has 2 N–H and O–H groups in total. The van der Waals surface area contributed by atoms with Crippen molar-refractivity contribution in [2.24, 2.45) is 4.99 Å². The lowest BCUT2D eigenvalue weighted by molar-refractivity contribution is 0.0624. The molecule has 8 nitrogen and oxygen atoms in total. The first-order valence-corrected chi connectivity index (χ1v) is 13.1. The monoisotopic (exact) mass is 545 g/mol. The normalized spacial score (nSPS) is 12.0. The molecule has 0 atom stereocenters. The van der Waals surface area contributed by atoms with Gasteiger partial charge in [-0.15, -0.1) is 0 Å². The Labute approximate surface area is 236 Å². The first-order chi connectivity index (χ1) is 18.7. The van der Waals surface area contributed by atoms with E-state index in [9.17, 15) is 9.59 Å². The summed E-state index contributed by atoms with van der Waals surface area (Å²) < 4.78 is 16.2. The fraction of sp³-hybridized carbons (Fsp3) is 0.344. The van der Waals surface area contributed by atoms with Crippen molar-refractivity contribution in [3.63, 3.8) is 0 Å². The van der Waals surface area contributed by atoms with Gasteiger partial charge in [-0.1, -0.05) is 12.1 Å². The van der Waals surface area contributed by atoms with E-state index in [4.69, 9.17) is 14.2 Å². The second-order valence-electron chi connectivity index (χ2n) is 11.3. The molecule has 0 saturated carbocycles. The molecule has 0 aromatic heterocycles. The summed E-state index contributed by atoms with van der Waals surface area (Å²) in [6.07, 6.45) is -1.06. The third-order valence-corrected chi connectivity index (χ3v) is 5.67. The molecule has 2 amide bonds. The van der Waals surface area contributed by atoms with Crippen LogP contribution in [0.25, 0.3) is 11.1 Å². The van der Waals surface area contributed by atoms with Gasteiger partial charge >= 0.3 is 12.2 Å². The number of hydrogen-bond donors (Lipinski definition) is 2. The summed E-state index contributed by atoms with van der Waals surface area (Å²) in [6, 6.07) is 19.0. The van der Waals surface area contributed by atoms with Gasteiger partial charge in [-0.25, -0.2) is 9.59 Å². The second kappa shape index (κ2) is 12.2. The van der Waals surface area contributed by atoms with Crippen molar-refractivity contribution in [1.82, 2.24) is 0 Å².